The number of halogens is 1. The zero-order valence-corrected chi connectivity index (χ0v) is 14.8. The molecule has 6 nitrogen and oxygen atoms in total. The molecule has 1 amide bonds. The summed E-state index contributed by atoms with van der Waals surface area (Å²) < 4.78 is 44.8. The summed E-state index contributed by atoms with van der Waals surface area (Å²) in [5.74, 6) is -0.673. The number of sulfonamides is 1. The molecule has 1 aliphatic rings. The minimum absolute atomic E-state index is 0.0702. The van der Waals surface area contributed by atoms with Gasteiger partial charge in [0.25, 0.3) is 0 Å². The molecule has 1 saturated heterocycles. The van der Waals surface area contributed by atoms with Crippen molar-refractivity contribution in [3.05, 3.63) is 59.9 Å². The highest BCUT2D eigenvalue weighted by molar-refractivity contribution is 7.89. The van der Waals surface area contributed by atoms with E-state index in [-0.39, 0.29) is 23.0 Å². The number of carbonyl (C=O) groups excluding carboxylic acids is 1. The summed E-state index contributed by atoms with van der Waals surface area (Å²) in [6.45, 7) is 1.35. The summed E-state index contributed by atoms with van der Waals surface area (Å²) in [6, 6.07) is 11.8. The van der Waals surface area contributed by atoms with Crippen molar-refractivity contribution < 1.29 is 22.3 Å². The lowest BCUT2D eigenvalue weighted by atomic mass is 10.1. The second kappa shape index (κ2) is 7.94. The van der Waals surface area contributed by atoms with Crippen LogP contribution in [0.5, 0.6) is 0 Å². The monoisotopic (exact) mass is 378 g/mol. The van der Waals surface area contributed by atoms with Crippen molar-refractivity contribution in [3.63, 3.8) is 0 Å². The van der Waals surface area contributed by atoms with Crippen LogP contribution in [0.25, 0.3) is 0 Å². The summed E-state index contributed by atoms with van der Waals surface area (Å²) >= 11 is 0. The first-order chi connectivity index (χ1) is 12.4. The molecule has 0 spiro atoms. The van der Waals surface area contributed by atoms with E-state index in [1.165, 1.54) is 40.7 Å². The molecule has 1 N–H and O–H groups in total. The van der Waals surface area contributed by atoms with Crippen LogP contribution in [0.4, 0.5) is 10.1 Å². The Hall–Kier alpha value is -2.29. The number of morpholine rings is 1. The minimum Gasteiger partial charge on any atom is -0.379 e. The lowest BCUT2D eigenvalue weighted by Gasteiger charge is -2.26. The van der Waals surface area contributed by atoms with Crippen molar-refractivity contribution in [2.45, 2.75) is 11.3 Å². The predicted octanol–water partition coefficient (Wildman–Crippen LogP) is 2.03. The zero-order chi connectivity index (χ0) is 18.6. The zero-order valence-electron chi connectivity index (χ0n) is 14.0. The standard InChI is InChI=1S/C18H19FN2O4S/c19-15-6-4-14(5-7-15)12-18(22)20-16-2-1-3-17(13-16)26(23,24)21-8-10-25-11-9-21/h1-7,13H,8-12H2,(H,20,22). The predicted molar refractivity (Wildman–Crippen MR) is 94.8 cm³/mol. The first-order valence-corrected chi connectivity index (χ1v) is 9.61. The van der Waals surface area contributed by atoms with Crippen LogP contribution >= 0.6 is 0 Å². The Kier molecular flexibility index (Phi) is 5.65. The van der Waals surface area contributed by atoms with E-state index in [0.29, 0.717) is 37.6 Å². The molecule has 0 aliphatic carbocycles. The van der Waals surface area contributed by atoms with E-state index in [2.05, 4.69) is 5.32 Å². The van der Waals surface area contributed by atoms with Gasteiger partial charge in [0.05, 0.1) is 24.5 Å². The minimum atomic E-state index is -3.62. The summed E-state index contributed by atoms with van der Waals surface area (Å²) in [5.41, 5.74) is 1.06. The Morgan fingerprint density at radius 2 is 1.81 bits per heavy atom. The van der Waals surface area contributed by atoms with Gasteiger partial charge < -0.3 is 10.1 Å². The Morgan fingerprint density at radius 1 is 1.12 bits per heavy atom. The Balaban J connectivity index is 1.70. The highest BCUT2D eigenvalue weighted by Gasteiger charge is 2.26. The Morgan fingerprint density at radius 3 is 2.50 bits per heavy atom. The number of nitrogens with one attached hydrogen (secondary N) is 1. The first-order valence-electron chi connectivity index (χ1n) is 8.17. The molecule has 138 valence electrons. The number of hydrogen-bond acceptors (Lipinski definition) is 4. The quantitative estimate of drug-likeness (QED) is 0.864. The molecule has 1 fully saturated rings. The highest BCUT2D eigenvalue weighted by Crippen LogP contribution is 2.20. The van der Waals surface area contributed by atoms with Crippen molar-refractivity contribution >= 4 is 21.6 Å². The fraction of sp³-hybridized carbons (Fsp3) is 0.278. The van der Waals surface area contributed by atoms with E-state index < -0.39 is 10.0 Å². The molecule has 0 atom stereocenters. The van der Waals surface area contributed by atoms with E-state index in [4.69, 9.17) is 4.74 Å². The smallest absolute Gasteiger partial charge is 0.243 e. The second-order valence-electron chi connectivity index (χ2n) is 5.90. The molecule has 8 heteroatoms. The third-order valence-corrected chi connectivity index (χ3v) is 5.90. The summed E-state index contributed by atoms with van der Waals surface area (Å²) in [7, 11) is -3.62. The SMILES string of the molecule is O=C(Cc1ccc(F)cc1)Nc1cccc(S(=O)(=O)N2CCOCC2)c1. The van der Waals surface area contributed by atoms with Crippen molar-refractivity contribution in [1.82, 2.24) is 4.31 Å². The molecule has 1 aliphatic heterocycles. The van der Waals surface area contributed by atoms with Gasteiger partial charge in [-0.05, 0) is 35.9 Å². The van der Waals surface area contributed by atoms with Crippen LogP contribution in [0.2, 0.25) is 0 Å². The van der Waals surface area contributed by atoms with Crippen molar-refractivity contribution in [3.8, 4) is 0 Å². The van der Waals surface area contributed by atoms with Gasteiger partial charge in [-0.3, -0.25) is 4.79 Å². The molecule has 0 saturated carbocycles. The molecule has 3 rings (SSSR count). The Bertz CT molecular complexity index is 878. The third kappa shape index (κ3) is 4.46. The van der Waals surface area contributed by atoms with Gasteiger partial charge in [0.2, 0.25) is 15.9 Å². The van der Waals surface area contributed by atoms with Crippen LogP contribution in [0.15, 0.2) is 53.4 Å². The molecule has 2 aromatic carbocycles. The maximum absolute atomic E-state index is 12.9. The largest absolute Gasteiger partial charge is 0.379 e. The van der Waals surface area contributed by atoms with Crippen LogP contribution in [0.1, 0.15) is 5.56 Å². The van der Waals surface area contributed by atoms with Crippen molar-refractivity contribution in [2.75, 3.05) is 31.6 Å². The molecule has 2 aromatic rings. The molecule has 0 aromatic heterocycles. The second-order valence-corrected chi connectivity index (χ2v) is 7.83. The van der Waals surface area contributed by atoms with Crippen LogP contribution in [-0.4, -0.2) is 44.9 Å². The van der Waals surface area contributed by atoms with E-state index in [1.807, 2.05) is 0 Å². The van der Waals surface area contributed by atoms with Crippen molar-refractivity contribution in [2.24, 2.45) is 0 Å². The van der Waals surface area contributed by atoms with Gasteiger partial charge in [-0.2, -0.15) is 4.31 Å². The average Bonchev–Trinajstić information content (AvgIpc) is 2.64. The number of anilines is 1. The van der Waals surface area contributed by atoms with Gasteiger partial charge in [-0.1, -0.05) is 18.2 Å². The average molecular weight is 378 g/mol. The van der Waals surface area contributed by atoms with E-state index >= 15 is 0 Å². The lowest BCUT2D eigenvalue weighted by Crippen LogP contribution is -2.40. The number of nitrogens with zero attached hydrogens (tertiary/aromatic N) is 1. The first kappa shape index (κ1) is 18.5. The van der Waals surface area contributed by atoms with Gasteiger partial charge in [-0.25, -0.2) is 12.8 Å². The van der Waals surface area contributed by atoms with E-state index in [1.54, 1.807) is 12.1 Å². The van der Waals surface area contributed by atoms with Crippen LogP contribution < -0.4 is 5.32 Å². The molecule has 0 radical (unpaired) electrons. The number of ether oxygens (including phenoxy) is 1. The Labute approximate surface area is 151 Å². The van der Waals surface area contributed by atoms with Gasteiger partial charge in [-0.15, -0.1) is 0 Å². The van der Waals surface area contributed by atoms with E-state index in [0.717, 1.165) is 0 Å². The molecular weight excluding hydrogens is 359 g/mol. The lowest BCUT2D eigenvalue weighted by molar-refractivity contribution is -0.115. The van der Waals surface area contributed by atoms with Crippen molar-refractivity contribution in [1.29, 1.82) is 0 Å². The normalized spacial score (nSPS) is 15.6. The highest BCUT2D eigenvalue weighted by atomic mass is 32.2. The summed E-state index contributed by atoms with van der Waals surface area (Å²) in [6.07, 6.45) is 0.0702. The van der Waals surface area contributed by atoms with Gasteiger partial charge >= 0.3 is 0 Å². The van der Waals surface area contributed by atoms with E-state index in [9.17, 15) is 17.6 Å². The fourth-order valence-corrected chi connectivity index (χ4v) is 4.12. The number of rotatable bonds is 5. The van der Waals surface area contributed by atoms with Crippen LogP contribution in [0.3, 0.4) is 0 Å². The molecule has 1 heterocycles. The maximum Gasteiger partial charge on any atom is 0.243 e. The van der Waals surface area contributed by atoms with Crippen LogP contribution in [0, 0.1) is 5.82 Å². The maximum atomic E-state index is 12.9. The molecule has 0 bridgehead atoms. The van der Waals surface area contributed by atoms with Gasteiger partial charge in [0.15, 0.2) is 0 Å². The number of benzene rings is 2. The number of carbonyl (C=O) groups is 1. The summed E-state index contributed by atoms with van der Waals surface area (Å²) in [5, 5.41) is 2.68. The van der Waals surface area contributed by atoms with Gasteiger partial charge in [0.1, 0.15) is 5.82 Å². The summed E-state index contributed by atoms with van der Waals surface area (Å²) in [4.78, 5) is 12.3. The molecular formula is C18H19FN2O4S. The number of amides is 1. The molecule has 0 unspecified atom stereocenters. The van der Waals surface area contributed by atoms with Gasteiger partial charge in [0, 0.05) is 18.8 Å². The number of hydrogen-bond donors (Lipinski definition) is 1. The topological polar surface area (TPSA) is 75.7 Å². The fourth-order valence-electron chi connectivity index (χ4n) is 2.66. The third-order valence-electron chi connectivity index (χ3n) is 4.00. The molecule has 26 heavy (non-hydrogen) atoms. The van der Waals surface area contributed by atoms with Crippen LogP contribution in [-0.2, 0) is 26.0 Å².